The third kappa shape index (κ3) is 2.06. The van der Waals surface area contributed by atoms with Crippen molar-refractivity contribution in [2.45, 2.75) is 18.7 Å². The molecule has 0 amide bonds. The molecular weight excluding hydrogens is 167 g/mol. The van der Waals surface area contributed by atoms with Crippen LogP contribution in [0, 0.1) is 0 Å². The van der Waals surface area contributed by atoms with Crippen molar-refractivity contribution in [2.24, 2.45) is 0 Å². The molecule has 1 saturated heterocycles. The van der Waals surface area contributed by atoms with Gasteiger partial charge < -0.3 is 13.3 Å². The van der Waals surface area contributed by atoms with E-state index in [2.05, 4.69) is 30.3 Å². The van der Waals surface area contributed by atoms with E-state index >= 15 is 0 Å². The van der Waals surface area contributed by atoms with Gasteiger partial charge in [0.25, 0.3) is 0 Å². The van der Waals surface area contributed by atoms with Crippen LogP contribution in [-0.2, 0) is 4.74 Å². The Morgan fingerprint density at radius 2 is 2.08 bits per heavy atom. The average molecular weight is 179 g/mol. The van der Waals surface area contributed by atoms with Gasteiger partial charge in [-0.25, -0.2) is 5.30 Å². The number of benzene rings is 1. The van der Waals surface area contributed by atoms with Crippen molar-refractivity contribution in [2.75, 3.05) is 6.61 Å². The van der Waals surface area contributed by atoms with Crippen LogP contribution >= 0.6 is 8.58 Å². The molecule has 1 aromatic rings. The Morgan fingerprint density at radius 3 is 2.75 bits per heavy atom. The normalized spacial score (nSPS) is 23.8. The minimum atomic E-state index is 0.451. The topological polar surface area (TPSA) is 9.23 Å². The van der Waals surface area contributed by atoms with E-state index in [1.807, 2.05) is 0 Å². The Balaban J connectivity index is 1.94. The Bertz CT molecular complexity index is 229. The summed E-state index contributed by atoms with van der Waals surface area (Å²) in [5, 5.41) is 1.37. The molecule has 1 aromatic carbocycles. The molecule has 1 aliphatic heterocycles. The number of rotatable bonds is 2. The van der Waals surface area contributed by atoms with Crippen LogP contribution in [0.15, 0.2) is 30.3 Å². The lowest BCUT2D eigenvalue weighted by molar-refractivity contribution is 0.172. The zero-order valence-electron chi connectivity index (χ0n) is 6.94. The van der Waals surface area contributed by atoms with E-state index in [1.165, 1.54) is 26.7 Å². The van der Waals surface area contributed by atoms with Gasteiger partial charge in [0.2, 0.25) is 0 Å². The van der Waals surface area contributed by atoms with Crippen LogP contribution in [0.1, 0.15) is 12.8 Å². The predicted molar refractivity (Wildman–Crippen MR) is 52.0 cm³/mol. The number of ether oxygens (including phenoxy) is 1. The van der Waals surface area contributed by atoms with E-state index in [0.29, 0.717) is 5.85 Å². The first-order valence-electron chi connectivity index (χ1n) is 4.33. The lowest BCUT2D eigenvalue weighted by Gasteiger charge is -2.25. The summed E-state index contributed by atoms with van der Waals surface area (Å²) in [4.78, 5) is 0. The maximum Gasteiger partial charge on any atom is 0.0436 e. The largest absolute Gasteiger partial charge is 0.474 e. The molecular formula is C10H12OP-. The van der Waals surface area contributed by atoms with Gasteiger partial charge >= 0.3 is 0 Å². The summed E-state index contributed by atoms with van der Waals surface area (Å²) < 4.78 is 5.54. The summed E-state index contributed by atoms with van der Waals surface area (Å²) >= 11 is 0. The fourth-order valence-electron chi connectivity index (χ4n) is 1.34. The van der Waals surface area contributed by atoms with Crippen molar-refractivity contribution >= 4 is 13.9 Å². The highest BCUT2D eigenvalue weighted by Gasteiger charge is 2.04. The first-order chi connectivity index (χ1) is 5.95. The molecule has 0 N–H and O–H groups in total. The summed E-state index contributed by atoms with van der Waals surface area (Å²) in [6.07, 6.45) is 2.45. The minimum Gasteiger partial charge on any atom is -0.474 e. The number of hydrogen-bond donors (Lipinski definition) is 0. The van der Waals surface area contributed by atoms with Crippen LogP contribution in [-0.4, -0.2) is 12.5 Å². The molecule has 1 fully saturated rings. The Kier molecular flexibility index (Phi) is 2.75. The van der Waals surface area contributed by atoms with Crippen LogP contribution in [0.4, 0.5) is 0 Å². The van der Waals surface area contributed by atoms with E-state index in [1.54, 1.807) is 0 Å². The van der Waals surface area contributed by atoms with Crippen molar-refractivity contribution in [3.05, 3.63) is 30.3 Å². The molecule has 0 spiro atoms. The maximum atomic E-state index is 5.54. The SMILES string of the molecule is c1ccc([P-]C2CCCO2)cc1. The van der Waals surface area contributed by atoms with E-state index in [4.69, 9.17) is 4.74 Å². The van der Waals surface area contributed by atoms with Gasteiger partial charge in [0.15, 0.2) is 0 Å². The van der Waals surface area contributed by atoms with Gasteiger partial charge in [-0.15, -0.1) is 0 Å². The van der Waals surface area contributed by atoms with Gasteiger partial charge in [-0.3, -0.25) is 0 Å². The molecule has 1 unspecified atom stereocenters. The fraction of sp³-hybridized carbons (Fsp3) is 0.400. The minimum absolute atomic E-state index is 0.451. The smallest absolute Gasteiger partial charge is 0.0436 e. The highest BCUT2D eigenvalue weighted by atomic mass is 31.1. The zero-order chi connectivity index (χ0) is 8.23. The van der Waals surface area contributed by atoms with Crippen molar-refractivity contribution in [1.82, 2.24) is 0 Å². The average Bonchev–Trinajstić information content (AvgIpc) is 2.59. The van der Waals surface area contributed by atoms with Gasteiger partial charge in [0.1, 0.15) is 0 Å². The molecule has 1 nitrogen and oxygen atoms in total. The maximum absolute atomic E-state index is 5.54. The third-order valence-corrected chi connectivity index (χ3v) is 3.25. The van der Waals surface area contributed by atoms with Crippen LogP contribution in [0.3, 0.4) is 0 Å². The van der Waals surface area contributed by atoms with E-state index in [9.17, 15) is 0 Å². The molecule has 0 radical (unpaired) electrons. The Hall–Kier alpha value is -0.390. The van der Waals surface area contributed by atoms with E-state index in [-0.39, 0.29) is 0 Å². The lowest BCUT2D eigenvalue weighted by Crippen LogP contribution is -2.03. The quantitative estimate of drug-likeness (QED) is 0.633. The molecule has 0 aromatic heterocycles. The first-order valence-corrected chi connectivity index (χ1v) is 5.29. The van der Waals surface area contributed by atoms with Crippen molar-refractivity contribution in [1.29, 1.82) is 0 Å². The van der Waals surface area contributed by atoms with Gasteiger partial charge in [0, 0.05) is 6.61 Å². The van der Waals surface area contributed by atoms with Crippen molar-refractivity contribution < 1.29 is 4.74 Å². The molecule has 64 valence electrons. The van der Waals surface area contributed by atoms with Crippen molar-refractivity contribution in [3.63, 3.8) is 0 Å². The summed E-state index contributed by atoms with van der Waals surface area (Å²) in [7, 11) is 1.33. The summed E-state index contributed by atoms with van der Waals surface area (Å²) in [6.45, 7) is 0.949. The molecule has 1 aliphatic rings. The van der Waals surface area contributed by atoms with Crippen LogP contribution in [0.25, 0.3) is 0 Å². The second-order valence-electron chi connectivity index (χ2n) is 2.93. The third-order valence-electron chi connectivity index (χ3n) is 1.95. The summed E-state index contributed by atoms with van der Waals surface area (Å²) in [5.74, 6) is 0.451. The molecule has 0 aliphatic carbocycles. The first kappa shape index (κ1) is 8.22. The molecule has 1 atom stereocenters. The Labute approximate surface area is 74.9 Å². The lowest BCUT2D eigenvalue weighted by atomic mass is 10.4. The monoisotopic (exact) mass is 179 g/mol. The second kappa shape index (κ2) is 4.02. The van der Waals surface area contributed by atoms with E-state index < -0.39 is 0 Å². The van der Waals surface area contributed by atoms with Crippen LogP contribution in [0.5, 0.6) is 0 Å². The molecule has 1 heterocycles. The van der Waals surface area contributed by atoms with Gasteiger partial charge in [-0.1, -0.05) is 42.6 Å². The van der Waals surface area contributed by atoms with Gasteiger partial charge in [-0.2, -0.15) is 0 Å². The van der Waals surface area contributed by atoms with Gasteiger partial charge in [-0.05, 0) is 6.42 Å². The molecule has 2 heteroatoms. The second-order valence-corrected chi connectivity index (χ2v) is 4.28. The number of hydrogen-bond acceptors (Lipinski definition) is 1. The van der Waals surface area contributed by atoms with E-state index in [0.717, 1.165) is 6.61 Å². The molecule has 0 saturated carbocycles. The molecule has 2 rings (SSSR count). The van der Waals surface area contributed by atoms with Crippen LogP contribution < -0.4 is 5.30 Å². The Morgan fingerprint density at radius 1 is 1.25 bits per heavy atom. The molecule has 0 bridgehead atoms. The summed E-state index contributed by atoms with van der Waals surface area (Å²) in [5.41, 5.74) is 0. The zero-order valence-corrected chi connectivity index (χ0v) is 7.84. The highest BCUT2D eigenvalue weighted by molar-refractivity contribution is 7.47. The standard InChI is InChI=1S/C10H12OP/c1-2-5-9(6-3-1)12-10-7-4-8-11-10/h1-3,5-6,10H,4,7-8H2/q-1. The predicted octanol–water partition coefficient (Wildman–Crippen LogP) is 2.39. The highest BCUT2D eigenvalue weighted by Crippen LogP contribution is 2.28. The van der Waals surface area contributed by atoms with Crippen LogP contribution in [0.2, 0.25) is 0 Å². The molecule has 12 heavy (non-hydrogen) atoms. The van der Waals surface area contributed by atoms with Gasteiger partial charge in [0.05, 0.1) is 0 Å². The fourth-order valence-corrected chi connectivity index (χ4v) is 2.51. The summed E-state index contributed by atoms with van der Waals surface area (Å²) in [6, 6.07) is 10.5. The van der Waals surface area contributed by atoms with Crippen molar-refractivity contribution in [3.8, 4) is 0 Å².